The Morgan fingerprint density at radius 2 is 0.687 bits per heavy atom. The fraction of sp³-hybridized carbons (Fsp3) is 0.0274. The number of alkyl halides is 3. The molecule has 0 radical (unpaired) electrons. The fourth-order valence-electron chi connectivity index (χ4n) is 11.5. The topological polar surface area (TPSA) is 70.5 Å². The molecule has 388 valence electrons. The summed E-state index contributed by atoms with van der Waals surface area (Å²) in [6.45, 7) is 25.3. The normalized spacial score (nSPS) is 11.3. The van der Waals surface area contributed by atoms with Crippen molar-refractivity contribution in [1.29, 1.82) is 10.5 Å². The molecule has 0 unspecified atom stereocenters. The highest BCUT2D eigenvalue weighted by atomic mass is 19.4. The van der Waals surface area contributed by atoms with Gasteiger partial charge in [-0.1, -0.05) is 115 Å². The van der Waals surface area contributed by atoms with Gasteiger partial charge < -0.3 is 9.13 Å². The molecule has 2 heterocycles. The predicted molar refractivity (Wildman–Crippen MR) is 326 cm³/mol. The van der Waals surface area contributed by atoms with Gasteiger partial charge in [0, 0.05) is 27.1 Å². The van der Waals surface area contributed by atoms with E-state index in [4.69, 9.17) is 19.7 Å². The average molecular weight is 1070 g/mol. The van der Waals surface area contributed by atoms with Gasteiger partial charge in [-0.25, -0.2) is 14.5 Å². The number of fused-ring (bicyclic) bond motifs is 6. The Balaban J connectivity index is 1.10. The largest absolute Gasteiger partial charge is 0.416 e. The van der Waals surface area contributed by atoms with Crippen LogP contribution in [0.1, 0.15) is 22.3 Å². The van der Waals surface area contributed by atoms with Crippen molar-refractivity contribution in [3.8, 4) is 90.3 Å². The Bertz CT molecular complexity index is 4820. The lowest BCUT2D eigenvalue weighted by Gasteiger charge is -2.21. The standard InChI is InChI=1S/C73H40F3N7/c1-44-35-56(73(74,75)76)22-28-60(44)55-21-33-71(82-67-31-19-53(49-13-23-57(79-2)24-14-49)38-63(67)64-39-54(20-32-68(64)82)50-15-25-58(80-3)26-16-50)65(40-55)66-41-59(81-4)27-34-72(66)83-69-29-17-51(47-9-5-45(42-77)6-10-47)36-61(69)62-37-52(18-30-70(62)83)48-11-7-46(43-78)8-12-48/h5-41H,1H3. The highest BCUT2D eigenvalue weighted by Crippen LogP contribution is 2.46. The van der Waals surface area contributed by atoms with Crippen LogP contribution in [0.4, 0.5) is 30.2 Å². The van der Waals surface area contributed by atoms with Crippen LogP contribution in [0.5, 0.6) is 0 Å². The minimum Gasteiger partial charge on any atom is -0.309 e. The van der Waals surface area contributed by atoms with Crippen molar-refractivity contribution in [2.24, 2.45) is 0 Å². The third kappa shape index (κ3) is 8.95. The van der Waals surface area contributed by atoms with Crippen molar-refractivity contribution in [3.05, 3.63) is 281 Å². The van der Waals surface area contributed by atoms with Crippen LogP contribution < -0.4 is 0 Å². The number of halogens is 3. The SMILES string of the molecule is [C-]#[N+]c1ccc(-c2ccc3c(c2)c2cc(-c4ccc([N+]#[C-])cc4)ccc2n3-c2ccc(-c3ccc(C(F)(F)F)cc3C)cc2-c2cc([N+]#[C-])ccc2-n2c3ccc(-c4ccc(C#N)cc4)cc3c3cc(-c4ccc(C#N)cc4)ccc32)cc1. The van der Waals surface area contributed by atoms with Crippen LogP contribution in [-0.4, -0.2) is 9.13 Å². The maximum atomic E-state index is 14.2. The molecule has 0 fully saturated rings. The smallest absolute Gasteiger partial charge is 0.309 e. The molecule has 0 aliphatic heterocycles. The summed E-state index contributed by atoms with van der Waals surface area (Å²) in [5.41, 5.74) is 17.4. The van der Waals surface area contributed by atoms with E-state index in [1.807, 2.05) is 109 Å². The molecule has 11 aromatic carbocycles. The van der Waals surface area contributed by atoms with Crippen LogP contribution >= 0.6 is 0 Å². The number of aryl methyl sites for hydroxylation is 1. The summed E-state index contributed by atoms with van der Waals surface area (Å²) < 4.78 is 47.1. The molecule has 0 N–H and O–H groups in total. The number of benzene rings is 11. The van der Waals surface area contributed by atoms with Gasteiger partial charge in [0.05, 0.1) is 82.0 Å². The van der Waals surface area contributed by atoms with E-state index in [0.717, 1.165) is 106 Å². The van der Waals surface area contributed by atoms with Crippen molar-refractivity contribution < 1.29 is 13.2 Å². The summed E-state index contributed by atoms with van der Waals surface area (Å²) in [7, 11) is 0. The fourth-order valence-corrected chi connectivity index (χ4v) is 11.5. The molecule has 0 saturated carbocycles. The molecule has 0 bridgehead atoms. The molecule has 0 atom stereocenters. The molecule has 83 heavy (non-hydrogen) atoms. The molecule has 2 aromatic heterocycles. The van der Waals surface area contributed by atoms with Crippen LogP contribution in [0.3, 0.4) is 0 Å². The summed E-state index contributed by atoms with van der Waals surface area (Å²) in [6.07, 6.45) is -4.54. The van der Waals surface area contributed by atoms with E-state index in [0.29, 0.717) is 56.0 Å². The molecule has 0 aliphatic rings. The Kier molecular flexibility index (Phi) is 12.3. The minimum absolute atomic E-state index is 0.378. The molecular weight excluding hydrogens is 1030 g/mol. The van der Waals surface area contributed by atoms with E-state index in [-0.39, 0.29) is 0 Å². The monoisotopic (exact) mass is 1070 g/mol. The summed E-state index contributed by atoms with van der Waals surface area (Å²) in [6, 6.07) is 75.1. The lowest BCUT2D eigenvalue weighted by atomic mass is 9.93. The molecule has 0 spiro atoms. The molecule has 10 heteroatoms. The van der Waals surface area contributed by atoms with Gasteiger partial charge in [0.15, 0.2) is 17.1 Å². The van der Waals surface area contributed by atoms with Gasteiger partial charge >= 0.3 is 6.18 Å². The number of hydrogen-bond acceptors (Lipinski definition) is 2. The van der Waals surface area contributed by atoms with E-state index in [1.54, 1.807) is 31.2 Å². The zero-order valence-corrected chi connectivity index (χ0v) is 44.1. The Morgan fingerprint density at radius 1 is 0.349 bits per heavy atom. The molecular formula is C73H40F3N7. The van der Waals surface area contributed by atoms with Crippen LogP contribution in [0, 0.1) is 49.3 Å². The van der Waals surface area contributed by atoms with Gasteiger partial charge in [-0.2, -0.15) is 23.7 Å². The number of rotatable bonds is 8. The van der Waals surface area contributed by atoms with Gasteiger partial charge in [-0.05, 0) is 183 Å². The van der Waals surface area contributed by atoms with E-state index in [2.05, 4.69) is 109 Å². The highest BCUT2D eigenvalue weighted by molar-refractivity contribution is 6.14. The van der Waals surface area contributed by atoms with Crippen molar-refractivity contribution >= 4 is 60.7 Å². The molecule has 0 aliphatic carbocycles. The molecule has 13 aromatic rings. The second-order valence-electron chi connectivity index (χ2n) is 20.4. The second kappa shape index (κ2) is 20.2. The first-order valence-electron chi connectivity index (χ1n) is 26.4. The van der Waals surface area contributed by atoms with Gasteiger partial charge in [0.2, 0.25) is 0 Å². The van der Waals surface area contributed by atoms with Crippen LogP contribution in [0.25, 0.3) is 136 Å². The second-order valence-corrected chi connectivity index (χ2v) is 20.4. The van der Waals surface area contributed by atoms with Gasteiger partial charge in [-0.15, -0.1) is 0 Å². The van der Waals surface area contributed by atoms with Crippen molar-refractivity contribution in [2.75, 3.05) is 0 Å². The lowest BCUT2D eigenvalue weighted by molar-refractivity contribution is -0.137. The average Bonchev–Trinajstić information content (AvgIpc) is 4.20. The molecule has 0 saturated heterocycles. The number of nitrogens with zero attached hydrogens (tertiary/aromatic N) is 7. The summed E-state index contributed by atoms with van der Waals surface area (Å²) >= 11 is 0. The van der Waals surface area contributed by atoms with E-state index in [9.17, 15) is 23.7 Å². The van der Waals surface area contributed by atoms with E-state index < -0.39 is 11.7 Å². The molecule has 0 amide bonds. The maximum absolute atomic E-state index is 14.2. The molecule has 13 rings (SSSR count). The summed E-state index contributed by atoms with van der Waals surface area (Å²) in [5, 5.41) is 23.0. The Labute approximate surface area is 475 Å². The van der Waals surface area contributed by atoms with Crippen LogP contribution in [0.15, 0.2) is 224 Å². The van der Waals surface area contributed by atoms with Crippen molar-refractivity contribution in [2.45, 2.75) is 13.1 Å². The first kappa shape index (κ1) is 50.7. The quantitative estimate of drug-likeness (QED) is 0.142. The van der Waals surface area contributed by atoms with E-state index in [1.165, 1.54) is 12.1 Å². The predicted octanol–water partition coefficient (Wildman–Crippen LogP) is 20.6. The van der Waals surface area contributed by atoms with Crippen LogP contribution in [-0.2, 0) is 6.18 Å². The van der Waals surface area contributed by atoms with Gasteiger partial charge in [0.1, 0.15) is 0 Å². The number of nitriles is 2. The van der Waals surface area contributed by atoms with Crippen molar-refractivity contribution in [3.63, 3.8) is 0 Å². The highest BCUT2D eigenvalue weighted by Gasteiger charge is 2.31. The lowest BCUT2D eigenvalue weighted by Crippen LogP contribution is -2.05. The van der Waals surface area contributed by atoms with Gasteiger partial charge in [-0.3, -0.25) is 0 Å². The van der Waals surface area contributed by atoms with E-state index >= 15 is 0 Å². The molecule has 7 nitrogen and oxygen atoms in total. The number of aromatic nitrogens is 2. The van der Waals surface area contributed by atoms with Crippen molar-refractivity contribution in [1.82, 2.24) is 9.13 Å². The number of hydrogen-bond donors (Lipinski definition) is 0. The Morgan fingerprint density at radius 3 is 1.05 bits per heavy atom. The summed E-state index contributed by atoms with van der Waals surface area (Å²) in [5.74, 6) is 0. The maximum Gasteiger partial charge on any atom is 0.416 e. The Hall–Kier alpha value is -11.7. The third-order valence-electron chi connectivity index (χ3n) is 15.6. The minimum atomic E-state index is -4.54. The van der Waals surface area contributed by atoms with Gasteiger partial charge in [0.25, 0.3) is 0 Å². The summed E-state index contributed by atoms with van der Waals surface area (Å²) in [4.78, 5) is 11.2. The zero-order valence-electron chi connectivity index (χ0n) is 44.1. The third-order valence-corrected chi connectivity index (χ3v) is 15.6. The first-order chi connectivity index (χ1) is 40.4. The van der Waals surface area contributed by atoms with Crippen LogP contribution in [0.2, 0.25) is 0 Å². The first-order valence-corrected chi connectivity index (χ1v) is 26.4. The zero-order chi connectivity index (χ0) is 57.1.